The topological polar surface area (TPSA) is 61.8 Å². The van der Waals surface area contributed by atoms with E-state index in [-0.39, 0.29) is 18.7 Å². The first-order valence-electron chi connectivity index (χ1n) is 6.38. The number of likely N-dealkylation sites (tertiary alicyclic amines) is 1. The lowest BCUT2D eigenvalue weighted by Gasteiger charge is -2.35. The average molecular weight is 244 g/mol. The summed E-state index contributed by atoms with van der Waals surface area (Å²) in [6.45, 7) is 4.37. The Bertz CT molecular complexity index is 236. The molecule has 1 saturated heterocycles. The molecule has 0 radical (unpaired) electrons. The second kappa shape index (κ2) is 7.50. The van der Waals surface area contributed by atoms with Gasteiger partial charge < -0.3 is 20.1 Å². The molecule has 0 aromatic rings. The Balaban J connectivity index is 2.36. The molecule has 1 heterocycles. The molecule has 0 aromatic carbocycles. The maximum atomic E-state index is 11.3. The lowest BCUT2D eigenvalue weighted by atomic mass is 9.91. The van der Waals surface area contributed by atoms with E-state index in [1.165, 1.54) is 0 Å². The van der Waals surface area contributed by atoms with Crippen molar-refractivity contribution in [2.24, 2.45) is 5.92 Å². The number of rotatable bonds is 5. The lowest BCUT2D eigenvalue weighted by Crippen LogP contribution is -2.49. The minimum atomic E-state index is -0.325. The molecular weight excluding hydrogens is 220 g/mol. The number of alkyl carbamates (subject to hydrolysis) is 1. The second-order valence-electron chi connectivity index (χ2n) is 4.75. The van der Waals surface area contributed by atoms with Crippen LogP contribution in [0.3, 0.4) is 0 Å². The van der Waals surface area contributed by atoms with Crippen LogP contribution in [-0.2, 0) is 4.74 Å². The molecule has 5 heteroatoms. The Morgan fingerprint density at radius 2 is 2.29 bits per heavy atom. The molecular formula is C12H24N2O3. The van der Waals surface area contributed by atoms with Crippen LogP contribution in [0.2, 0.25) is 0 Å². The molecule has 1 amide bonds. The van der Waals surface area contributed by atoms with E-state index in [0.29, 0.717) is 12.5 Å². The fourth-order valence-corrected chi connectivity index (χ4v) is 2.48. The zero-order valence-electron chi connectivity index (χ0n) is 10.8. The SMILES string of the molecule is CCOC(=O)NC1CC(CCCO)CN(C)C1. The molecule has 0 spiro atoms. The molecule has 100 valence electrons. The van der Waals surface area contributed by atoms with Crippen LogP contribution in [0.25, 0.3) is 0 Å². The molecule has 1 rings (SSSR count). The largest absolute Gasteiger partial charge is 0.450 e. The summed E-state index contributed by atoms with van der Waals surface area (Å²) in [5.74, 6) is 0.549. The van der Waals surface area contributed by atoms with Crippen molar-refractivity contribution in [3.63, 3.8) is 0 Å². The van der Waals surface area contributed by atoms with Crippen LogP contribution in [0, 0.1) is 5.92 Å². The molecule has 2 unspecified atom stereocenters. The zero-order chi connectivity index (χ0) is 12.7. The Labute approximate surface area is 103 Å². The molecule has 0 aliphatic carbocycles. The number of carbonyl (C=O) groups is 1. The molecule has 5 nitrogen and oxygen atoms in total. The molecule has 0 bridgehead atoms. The first-order valence-corrected chi connectivity index (χ1v) is 6.38. The number of hydrogen-bond donors (Lipinski definition) is 2. The normalized spacial score (nSPS) is 25.6. The van der Waals surface area contributed by atoms with Gasteiger partial charge in [0, 0.05) is 25.7 Å². The van der Waals surface area contributed by atoms with Crippen molar-refractivity contribution in [1.29, 1.82) is 0 Å². The maximum absolute atomic E-state index is 11.3. The number of likely N-dealkylation sites (N-methyl/N-ethyl adjacent to an activating group) is 1. The van der Waals surface area contributed by atoms with Crippen molar-refractivity contribution in [1.82, 2.24) is 10.2 Å². The average Bonchev–Trinajstić information content (AvgIpc) is 2.25. The standard InChI is InChI=1S/C12H24N2O3/c1-3-17-12(16)13-11-7-10(5-4-6-15)8-14(2)9-11/h10-11,15H,3-9H2,1-2H3,(H,13,16). The minimum absolute atomic E-state index is 0.163. The number of piperidine rings is 1. The highest BCUT2D eigenvalue weighted by Crippen LogP contribution is 2.20. The number of nitrogens with one attached hydrogen (secondary N) is 1. The summed E-state index contributed by atoms with van der Waals surface area (Å²) in [6, 6.07) is 0.163. The number of amides is 1. The van der Waals surface area contributed by atoms with E-state index in [4.69, 9.17) is 9.84 Å². The van der Waals surface area contributed by atoms with Gasteiger partial charge in [-0.1, -0.05) is 0 Å². The Morgan fingerprint density at radius 1 is 1.53 bits per heavy atom. The minimum Gasteiger partial charge on any atom is -0.450 e. The van der Waals surface area contributed by atoms with Gasteiger partial charge in [-0.25, -0.2) is 4.79 Å². The number of carbonyl (C=O) groups excluding carboxylic acids is 1. The maximum Gasteiger partial charge on any atom is 0.407 e. The van der Waals surface area contributed by atoms with Crippen molar-refractivity contribution < 1.29 is 14.6 Å². The van der Waals surface area contributed by atoms with Gasteiger partial charge in [0.15, 0.2) is 0 Å². The van der Waals surface area contributed by atoms with E-state index in [1.54, 1.807) is 6.92 Å². The summed E-state index contributed by atoms with van der Waals surface area (Å²) in [5, 5.41) is 11.7. The van der Waals surface area contributed by atoms with E-state index >= 15 is 0 Å². The smallest absolute Gasteiger partial charge is 0.407 e. The number of nitrogens with zero attached hydrogens (tertiary/aromatic N) is 1. The van der Waals surface area contributed by atoms with Gasteiger partial charge in [0.1, 0.15) is 0 Å². The summed E-state index contributed by atoms with van der Waals surface area (Å²) in [7, 11) is 2.06. The van der Waals surface area contributed by atoms with Crippen LogP contribution in [-0.4, -0.2) is 55.5 Å². The quantitative estimate of drug-likeness (QED) is 0.752. The van der Waals surface area contributed by atoms with Crippen molar-refractivity contribution in [3.8, 4) is 0 Å². The molecule has 17 heavy (non-hydrogen) atoms. The molecule has 1 aliphatic rings. The van der Waals surface area contributed by atoms with E-state index in [9.17, 15) is 4.79 Å². The van der Waals surface area contributed by atoms with Gasteiger partial charge in [0.25, 0.3) is 0 Å². The predicted molar refractivity (Wildman–Crippen MR) is 65.9 cm³/mol. The monoisotopic (exact) mass is 244 g/mol. The Hall–Kier alpha value is -0.810. The molecule has 0 aromatic heterocycles. The van der Waals surface area contributed by atoms with Crippen LogP contribution in [0.4, 0.5) is 4.79 Å². The summed E-state index contributed by atoms with van der Waals surface area (Å²) in [5.41, 5.74) is 0. The number of aliphatic hydroxyl groups is 1. The van der Waals surface area contributed by atoms with Crippen LogP contribution in [0.15, 0.2) is 0 Å². The third-order valence-electron chi connectivity index (χ3n) is 3.09. The Morgan fingerprint density at radius 3 is 2.94 bits per heavy atom. The van der Waals surface area contributed by atoms with Crippen LogP contribution < -0.4 is 5.32 Å². The Kier molecular flexibility index (Phi) is 6.29. The summed E-state index contributed by atoms with van der Waals surface area (Å²) in [6.07, 6.45) is 2.50. The zero-order valence-corrected chi connectivity index (χ0v) is 10.8. The molecule has 0 saturated carbocycles. The van der Waals surface area contributed by atoms with Gasteiger partial charge >= 0.3 is 6.09 Å². The van der Waals surface area contributed by atoms with Crippen LogP contribution in [0.1, 0.15) is 26.2 Å². The van der Waals surface area contributed by atoms with E-state index in [2.05, 4.69) is 17.3 Å². The second-order valence-corrected chi connectivity index (χ2v) is 4.75. The van der Waals surface area contributed by atoms with Crippen LogP contribution in [0.5, 0.6) is 0 Å². The molecule has 2 atom stereocenters. The van der Waals surface area contributed by atoms with E-state index < -0.39 is 0 Å². The highest BCUT2D eigenvalue weighted by Gasteiger charge is 2.26. The van der Waals surface area contributed by atoms with Crippen molar-refractivity contribution in [2.75, 3.05) is 33.4 Å². The van der Waals surface area contributed by atoms with Gasteiger partial charge in [-0.05, 0) is 39.2 Å². The summed E-state index contributed by atoms with van der Waals surface area (Å²) >= 11 is 0. The van der Waals surface area contributed by atoms with E-state index in [0.717, 1.165) is 32.4 Å². The highest BCUT2D eigenvalue weighted by molar-refractivity contribution is 5.67. The van der Waals surface area contributed by atoms with E-state index in [1.807, 2.05) is 0 Å². The first-order chi connectivity index (χ1) is 8.15. The van der Waals surface area contributed by atoms with Crippen LogP contribution >= 0.6 is 0 Å². The third-order valence-corrected chi connectivity index (χ3v) is 3.09. The number of hydrogen-bond acceptors (Lipinski definition) is 4. The third kappa shape index (κ3) is 5.37. The van der Waals surface area contributed by atoms with Gasteiger partial charge in [-0.3, -0.25) is 0 Å². The first kappa shape index (κ1) is 14.3. The summed E-state index contributed by atoms with van der Waals surface area (Å²) in [4.78, 5) is 13.6. The molecule has 1 fully saturated rings. The predicted octanol–water partition coefficient (Wildman–Crippen LogP) is 0.825. The number of ether oxygens (including phenoxy) is 1. The van der Waals surface area contributed by atoms with Gasteiger partial charge in [0.2, 0.25) is 0 Å². The fraction of sp³-hybridized carbons (Fsp3) is 0.917. The van der Waals surface area contributed by atoms with Crippen molar-refractivity contribution in [3.05, 3.63) is 0 Å². The fourth-order valence-electron chi connectivity index (χ4n) is 2.48. The highest BCUT2D eigenvalue weighted by atomic mass is 16.5. The van der Waals surface area contributed by atoms with Gasteiger partial charge in [-0.15, -0.1) is 0 Å². The van der Waals surface area contributed by atoms with Gasteiger partial charge in [0.05, 0.1) is 6.61 Å². The lowest BCUT2D eigenvalue weighted by molar-refractivity contribution is 0.123. The molecule has 2 N–H and O–H groups in total. The molecule has 1 aliphatic heterocycles. The summed E-state index contributed by atoms with van der Waals surface area (Å²) < 4.78 is 4.89. The van der Waals surface area contributed by atoms with Crippen molar-refractivity contribution >= 4 is 6.09 Å². The number of aliphatic hydroxyl groups excluding tert-OH is 1. The van der Waals surface area contributed by atoms with Gasteiger partial charge in [-0.2, -0.15) is 0 Å². The van der Waals surface area contributed by atoms with Crippen molar-refractivity contribution in [2.45, 2.75) is 32.2 Å².